The second-order valence-electron chi connectivity index (χ2n) is 7.31. The number of carbonyl (C=O) groups is 1. The Kier molecular flexibility index (Phi) is 5.68. The molecule has 5 aromatic rings. The summed E-state index contributed by atoms with van der Waals surface area (Å²) in [5, 5.41) is 6.31. The minimum atomic E-state index is -0.237. The third-order valence-electron chi connectivity index (χ3n) is 5.20. The number of benzene rings is 3. The van der Waals surface area contributed by atoms with Gasteiger partial charge in [-0.1, -0.05) is 48.5 Å². The van der Waals surface area contributed by atoms with Gasteiger partial charge in [-0.15, -0.1) is 11.8 Å². The van der Waals surface area contributed by atoms with E-state index < -0.39 is 0 Å². The first kappa shape index (κ1) is 20.0. The number of H-pyrrole nitrogens is 1. The Bertz CT molecular complexity index is 1420. The topological polar surface area (TPSA) is 70.1 Å². The first-order valence-electron chi connectivity index (χ1n) is 10.2. The summed E-state index contributed by atoms with van der Waals surface area (Å²) in [5.74, 6) is 0.564. The van der Waals surface area contributed by atoms with Crippen LogP contribution >= 0.6 is 11.8 Å². The molecule has 5 rings (SSSR count). The number of hydrogen-bond acceptors (Lipinski definition) is 4. The zero-order chi connectivity index (χ0) is 21.8. The molecule has 0 unspecified atom stereocenters. The van der Waals surface area contributed by atoms with Gasteiger partial charge in [0.15, 0.2) is 0 Å². The van der Waals surface area contributed by atoms with Gasteiger partial charge in [-0.3, -0.25) is 9.78 Å². The van der Waals surface area contributed by atoms with E-state index in [9.17, 15) is 4.79 Å². The molecule has 5 nitrogen and oxygen atoms in total. The van der Waals surface area contributed by atoms with Crippen LogP contribution < -0.4 is 5.43 Å². The molecule has 1 amide bonds. The quantitative estimate of drug-likeness (QED) is 0.202. The number of rotatable bonds is 6. The molecule has 0 radical (unpaired) electrons. The molecule has 0 saturated carbocycles. The number of hydrogen-bond donors (Lipinski definition) is 2. The van der Waals surface area contributed by atoms with Crippen molar-refractivity contribution >= 4 is 45.7 Å². The average Bonchev–Trinajstić information content (AvgIpc) is 3.26. The summed E-state index contributed by atoms with van der Waals surface area (Å²) < 4.78 is 0. The van der Waals surface area contributed by atoms with Gasteiger partial charge in [0.1, 0.15) is 0 Å². The molecule has 0 spiro atoms. The van der Waals surface area contributed by atoms with Crippen LogP contribution in [-0.2, 0) is 5.75 Å². The summed E-state index contributed by atoms with van der Waals surface area (Å²) in [6.07, 6.45) is 5.35. The van der Waals surface area contributed by atoms with Gasteiger partial charge in [-0.25, -0.2) is 5.43 Å². The van der Waals surface area contributed by atoms with Crippen LogP contribution in [0.4, 0.5) is 0 Å². The number of fused-ring (bicyclic) bond motifs is 2. The zero-order valence-electron chi connectivity index (χ0n) is 17.2. The number of aromatic nitrogens is 2. The van der Waals surface area contributed by atoms with Crippen molar-refractivity contribution in [1.29, 1.82) is 0 Å². The van der Waals surface area contributed by atoms with Gasteiger partial charge in [-0.05, 0) is 35.9 Å². The van der Waals surface area contributed by atoms with Gasteiger partial charge >= 0.3 is 0 Å². The Hall–Kier alpha value is -3.90. The van der Waals surface area contributed by atoms with E-state index in [0.29, 0.717) is 5.56 Å². The van der Waals surface area contributed by atoms with Crippen molar-refractivity contribution in [3.63, 3.8) is 0 Å². The lowest BCUT2D eigenvalue weighted by Gasteiger charge is -2.06. The van der Waals surface area contributed by atoms with E-state index >= 15 is 0 Å². The third-order valence-corrected chi connectivity index (χ3v) is 6.32. The molecule has 0 aliphatic rings. The molecule has 0 fully saturated rings. The highest BCUT2D eigenvalue weighted by atomic mass is 32.2. The van der Waals surface area contributed by atoms with Crippen LogP contribution in [0.3, 0.4) is 0 Å². The molecule has 0 atom stereocenters. The highest BCUT2D eigenvalue weighted by Gasteiger charge is 2.07. The van der Waals surface area contributed by atoms with E-state index in [-0.39, 0.29) is 5.91 Å². The van der Waals surface area contributed by atoms with Crippen molar-refractivity contribution in [3.05, 3.63) is 108 Å². The van der Waals surface area contributed by atoms with Crippen molar-refractivity contribution in [2.45, 2.75) is 10.6 Å². The standard InChI is InChI=1S/C26H20N4OS/c31-26(30-29-16-21-15-28-23-8-2-1-7-22(21)23)20-12-10-18(11-13-20)17-32-24-9-3-5-19-6-4-14-27-25(19)24/h1-16,28H,17H2,(H,30,31)/b29-16+. The predicted octanol–water partition coefficient (Wildman–Crippen LogP) is 5.77. The van der Waals surface area contributed by atoms with Gasteiger partial charge < -0.3 is 4.98 Å². The Labute approximate surface area is 189 Å². The van der Waals surface area contributed by atoms with Gasteiger partial charge in [0.2, 0.25) is 0 Å². The van der Waals surface area contributed by atoms with Crippen LogP contribution in [0.5, 0.6) is 0 Å². The fraction of sp³-hybridized carbons (Fsp3) is 0.0385. The average molecular weight is 437 g/mol. The van der Waals surface area contributed by atoms with Crippen molar-refractivity contribution in [1.82, 2.24) is 15.4 Å². The van der Waals surface area contributed by atoms with Crippen molar-refractivity contribution in [2.75, 3.05) is 0 Å². The monoisotopic (exact) mass is 436 g/mol. The molecule has 156 valence electrons. The van der Waals surface area contributed by atoms with Gasteiger partial charge in [0.25, 0.3) is 5.91 Å². The number of para-hydroxylation sites is 2. The molecule has 0 aliphatic carbocycles. The van der Waals surface area contributed by atoms with E-state index in [1.807, 2.05) is 67.0 Å². The molecule has 0 aliphatic heterocycles. The molecule has 0 saturated heterocycles. The van der Waals surface area contributed by atoms with E-state index in [4.69, 9.17) is 0 Å². The lowest BCUT2D eigenvalue weighted by molar-refractivity contribution is 0.0955. The summed E-state index contributed by atoms with van der Waals surface area (Å²) in [6, 6.07) is 25.8. The number of hydrazone groups is 1. The number of pyridine rings is 1. The Morgan fingerprint density at radius 2 is 1.84 bits per heavy atom. The second-order valence-corrected chi connectivity index (χ2v) is 8.32. The zero-order valence-corrected chi connectivity index (χ0v) is 18.0. The minimum Gasteiger partial charge on any atom is -0.361 e. The SMILES string of the molecule is O=C(N/N=C/c1c[nH]c2ccccc12)c1ccc(CSc2cccc3cccnc23)cc1. The Morgan fingerprint density at radius 1 is 1.00 bits per heavy atom. The molecule has 32 heavy (non-hydrogen) atoms. The van der Waals surface area contributed by atoms with Crippen molar-refractivity contribution in [2.24, 2.45) is 5.10 Å². The van der Waals surface area contributed by atoms with Gasteiger partial charge in [-0.2, -0.15) is 5.10 Å². The summed E-state index contributed by atoms with van der Waals surface area (Å²) in [7, 11) is 0. The van der Waals surface area contributed by atoms with Crippen LogP contribution in [0.1, 0.15) is 21.5 Å². The van der Waals surface area contributed by atoms with Gasteiger partial charge in [0.05, 0.1) is 11.7 Å². The first-order chi connectivity index (χ1) is 15.8. The summed E-state index contributed by atoms with van der Waals surface area (Å²) in [4.78, 5) is 21.3. The van der Waals surface area contributed by atoms with E-state index in [1.165, 1.54) is 0 Å². The number of aromatic amines is 1. The smallest absolute Gasteiger partial charge is 0.271 e. The van der Waals surface area contributed by atoms with Crippen LogP contribution in [0, 0.1) is 0 Å². The molecule has 6 heteroatoms. The van der Waals surface area contributed by atoms with Crippen molar-refractivity contribution < 1.29 is 4.79 Å². The normalized spacial score (nSPS) is 11.4. The number of nitrogens with zero attached hydrogens (tertiary/aromatic N) is 2. The fourth-order valence-electron chi connectivity index (χ4n) is 3.53. The molecule has 3 aromatic carbocycles. The van der Waals surface area contributed by atoms with E-state index in [2.05, 4.69) is 44.8 Å². The number of thioether (sulfide) groups is 1. The highest BCUT2D eigenvalue weighted by Crippen LogP contribution is 2.29. The maximum absolute atomic E-state index is 12.4. The first-order valence-corrected chi connectivity index (χ1v) is 11.2. The minimum absolute atomic E-state index is 0.237. The van der Waals surface area contributed by atoms with Crippen LogP contribution in [-0.4, -0.2) is 22.1 Å². The maximum Gasteiger partial charge on any atom is 0.271 e. The summed E-state index contributed by atoms with van der Waals surface area (Å²) in [6.45, 7) is 0. The largest absolute Gasteiger partial charge is 0.361 e. The van der Waals surface area contributed by atoms with Crippen molar-refractivity contribution in [3.8, 4) is 0 Å². The van der Waals surface area contributed by atoms with Gasteiger partial charge in [0, 0.05) is 50.5 Å². The van der Waals surface area contributed by atoms with Crippen LogP contribution in [0.2, 0.25) is 0 Å². The molecular weight excluding hydrogens is 416 g/mol. The highest BCUT2D eigenvalue weighted by molar-refractivity contribution is 7.98. The number of nitrogens with one attached hydrogen (secondary N) is 2. The summed E-state index contributed by atoms with van der Waals surface area (Å²) in [5.41, 5.74) is 7.29. The molecule has 2 heterocycles. The number of carbonyl (C=O) groups excluding carboxylic acids is 1. The van der Waals surface area contributed by atoms with E-state index in [0.717, 1.165) is 43.6 Å². The fourth-order valence-corrected chi connectivity index (χ4v) is 4.53. The molecule has 2 N–H and O–H groups in total. The van der Waals surface area contributed by atoms with Crippen LogP contribution in [0.25, 0.3) is 21.8 Å². The van der Waals surface area contributed by atoms with E-state index in [1.54, 1.807) is 18.0 Å². The maximum atomic E-state index is 12.4. The summed E-state index contributed by atoms with van der Waals surface area (Å²) >= 11 is 1.74. The molecule has 0 bridgehead atoms. The predicted molar refractivity (Wildman–Crippen MR) is 131 cm³/mol. The lowest BCUT2D eigenvalue weighted by atomic mass is 10.1. The number of amides is 1. The lowest BCUT2D eigenvalue weighted by Crippen LogP contribution is -2.17. The Morgan fingerprint density at radius 3 is 2.75 bits per heavy atom. The Balaban J connectivity index is 1.21. The van der Waals surface area contributed by atoms with Crippen LogP contribution in [0.15, 0.2) is 101 Å². The third kappa shape index (κ3) is 4.26. The molecule has 2 aromatic heterocycles. The second kappa shape index (κ2) is 9.08. The molecular formula is C26H20N4OS.